The maximum atomic E-state index is 13.0. The van der Waals surface area contributed by atoms with Crippen LogP contribution in [-0.2, 0) is 14.8 Å². The van der Waals surface area contributed by atoms with E-state index in [1.165, 1.54) is 6.07 Å². The molecule has 2 heterocycles. The molecule has 2 atom stereocenters. The van der Waals surface area contributed by atoms with E-state index in [9.17, 15) is 13.2 Å². The summed E-state index contributed by atoms with van der Waals surface area (Å²) in [5.74, 6) is 0.154. The number of halogens is 2. The van der Waals surface area contributed by atoms with Crippen LogP contribution in [0.1, 0.15) is 36.9 Å². The van der Waals surface area contributed by atoms with Crippen molar-refractivity contribution in [1.82, 2.24) is 10.2 Å². The summed E-state index contributed by atoms with van der Waals surface area (Å²) in [5.41, 5.74) is 1.31. The normalized spacial score (nSPS) is 20.9. The molecule has 0 aromatic heterocycles. The number of carbonyl (C=O) groups is 1. The van der Waals surface area contributed by atoms with E-state index in [0.29, 0.717) is 34.4 Å². The van der Waals surface area contributed by atoms with Gasteiger partial charge in [-0.05, 0) is 49.6 Å². The van der Waals surface area contributed by atoms with Crippen LogP contribution in [0.5, 0.6) is 0 Å². The molecular formula is C20H19Cl2N3O3S. The Morgan fingerprint density at radius 3 is 2.76 bits per heavy atom. The van der Waals surface area contributed by atoms with E-state index in [1.54, 1.807) is 41.3 Å². The smallest absolute Gasteiger partial charge is 0.285 e. The molecule has 1 unspecified atom stereocenters. The second-order valence-electron chi connectivity index (χ2n) is 7.13. The maximum Gasteiger partial charge on any atom is 0.285 e. The van der Waals surface area contributed by atoms with Crippen molar-refractivity contribution >= 4 is 45.0 Å². The third kappa shape index (κ3) is 3.74. The van der Waals surface area contributed by atoms with E-state index in [2.05, 4.69) is 9.71 Å². The Labute approximate surface area is 179 Å². The molecule has 0 aliphatic carbocycles. The third-order valence-corrected chi connectivity index (χ3v) is 7.12. The molecule has 0 saturated carbocycles. The highest BCUT2D eigenvalue weighted by molar-refractivity contribution is 7.90. The molecule has 0 radical (unpaired) electrons. The minimum atomic E-state index is -3.73. The average Bonchev–Trinajstić information content (AvgIpc) is 3.25. The van der Waals surface area contributed by atoms with E-state index in [-0.39, 0.29) is 16.8 Å². The van der Waals surface area contributed by atoms with Crippen LogP contribution in [0.4, 0.5) is 0 Å². The van der Waals surface area contributed by atoms with Crippen LogP contribution in [-0.4, -0.2) is 37.6 Å². The molecule has 2 aromatic carbocycles. The zero-order chi connectivity index (χ0) is 20.8. The molecule has 9 heteroatoms. The Balaban J connectivity index is 1.57. The standard InChI is InChI=1S/C20H19Cl2N3O3S/c1-12(14-9-8-13(21)11-16(14)22)23-20(26)17-6-4-10-25(17)19-15-5-2-3-7-18(15)29(27,28)24-19/h2-3,5,7-9,11-12,17H,4,6,10H2,1H3,(H,23,26)/t12?,17-/m0/s1. The molecular weight excluding hydrogens is 433 g/mol. The van der Waals surface area contributed by atoms with Crippen molar-refractivity contribution in [3.63, 3.8) is 0 Å². The van der Waals surface area contributed by atoms with E-state index in [1.807, 2.05) is 6.92 Å². The van der Waals surface area contributed by atoms with Gasteiger partial charge in [-0.1, -0.05) is 41.4 Å². The molecule has 152 valence electrons. The fourth-order valence-electron chi connectivity index (χ4n) is 3.83. The number of carbonyl (C=O) groups excluding carboxylic acids is 1. The van der Waals surface area contributed by atoms with Gasteiger partial charge in [0.05, 0.1) is 6.04 Å². The molecule has 2 aliphatic heterocycles. The summed E-state index contributed by atoms with van der Waals surface area (Å²) in [5, 5.41) is 3.99. The lowest BCUT2D eigenvalue weighted by molar-refractivity contribution is -0.125. The highest BCUT2D eigenvalue weighted by atomic mass is 35.5. The van der Waals surface area contributed by atoms with Crippen LogP contribution in [0, 0.1) is 0 Å². The van der Waals surface area contributed by atoms with Gasteiger partial charge in [-0.15, -0.1) is 4.40 Å². The SMILES string of the molecule is CC(NC(=O)[C@@H]1CCCN1C1=NS(=O)(=O)c2ccccc21)c1ccc(Cl)cc1Cl. The zero-order valence-corrected chi connectivity index (χ0v) is 17.9. The predicted molar refractivity (Wildman–Crippen MR) is 113 cm³/mol. The second-order valence-corrected chi connectivity index (χ2v) is 9.55. The fraction of sp³-hybridized carbons (Fsp3) is 0.300. The second kappa shape index (κ2) is 7.63. The van der Waals surface area contributed by atoms with Gasteiger partial charge in [0.2, 0.25) is 5.91 Å². The van der Waals surface area contributed by atoms with Crippen LogP contribution in [0.25, 0.3) is 0 Å². The topological polar surface area (TPSA) is 78.8 Å². The minimum Gasteiger partial charge on any atom is -0.348 e. The largest absolute Gasteiger partial charge is 0.348 e. The Hall–Kier alpha value is -2.09. The first kappa shape index (κ1) is 20.2. The summed E-state index contributed by atoms with van der Waals surface area (Å²) < 4.78 is 28.7. The Bertz CT molecular complexity index is 1120. The molecule has 29 heavy (non-hydrogen) atoms. The van der Waals surface area contributed by atoms with E-state index >= 15 is 0 Å². The van der Waals surface area contributed by atoms with Crippen molar-refractivity contribution in [2.45, 2.75) is 36.7 Å². The van der Waals surface area contributed by atoms with Gasteiger partial charge in [-0.2, -0.15) is 8.42 Å². The first-order valence-electron chi connectivity index (χ1n) is 9.24. The van der Waals surface area contributed by atoms with E-state index in [4.69, 9.17) is 23.2 Å². The summed E-state index contributed by atoms with van der Waals surface area (Å²) in [6, 6.07) is 11.0. The lowest BCUT2D eigenvalue weighted by atomic mass is 10.1. The first-order chi connectivity index (χ1) is 13.8. The number of hydrogen-bond acceptors (Lipinski definition) is 4. The number of rotatable bonds is 3. The number of benzene rings is 2. The predicted octanol–water partition coefficient (Wildman–Crippen LogP) is 3.78. The molecule has 4 rings (SSSR count). The van der Waals surface area contributed by atoms with Gasteiger partial charge in [0.25, 0.3) is 10.0 Å². The molecule has 0 bridgehead atoms. The van der Waals surface area contributed by atoms with Gasteiger partial charge < -0.3 is 10.2 Å². The van der Waals surface area contributed by atoms with Crippen molar-refractivity contribution in [3.05, 3.63) is 63.6 Å². The minimum absolute atomic E-state index is 0.183. The summed E-state index contributed by atoms with van der Waals surface area (Å²) in [7, 11) is -3.73. The maximum absolute atomic E-state index is 13.0. The average molecular weight is 452 g/mol. The van der Waals surface area contributed by atoms with Crippen LogP contribution in [0.15, 0.2) is 51.8 Å². The quantitative estimate of drug-likeness (QED) is 0.769. The summed E-state index contributed by atoms with van der Waals surface area (Å²) in [4.78, 5) is 15.0. The number of hydrogen-bond donors (Lipinski definition) is 1. The highest BCUT2D eigenvalue weighted by Crippen LogP contribution is 2.32. The van der Waals surface area contributed by atoms with Gasteiger partial charge in [-0.25, -0.2) is 0 Å². The number of amidine groups is 1. The van der Waals surface area contributed by atoms with Gasteiger partial charge in [-0.3, -0.25) is 4.79 Å². The molecule has 2 aromatic rings. The number of nitrogens with one attached hydrogen (secondary N) is 1. The Morgan fingerprint density at radius 2 is 2.00 bits per heavy atom. The lowest BCUT2D eigenvalue weighted by Crippen LogP contribution is -2.46. The fourth-order valence-corrected chi connectivity index (χ4v) is 5.62. The van der Waals surface area contributed by atoms with Crippen molar-refractivity contribution < 1.29 is 13.2 Å². The van der Waals surface area contributed by atoms with Gasteiger partial charge in [0, 0.05) is 22.2 Å². The van der Waals surface area contributed by atoms with E-state index in [0.717, 1.165) is 12.0 Å². The van der Waals surface area contributed by atoms with Crippen LogP contribution in [0.3, 0.4) is 0 Å². The Morgan fingerprint density at radius 1 is 1.24 bits per heavy atom. The zero-order valence-electron chi connectivity index (χ0n) is 15.6. The van der Waals surface area contributed by atoms with E-state index < -0.39 is 16.1 Å². The molecule has 1 N–H and O–H groups in total. The van der Waals surface area contributed by atoms with Crippen LogP contribution >= 0.6 is 23.2 Å². The summed E-state index contributed by atoms with van der Waals surface area (Å²) in [6.45, 7) is 2.41. The van der Waals surface area contributed by atoms with Crippen LogP contribution < -0.4 is 5.32 Å². The number of sulfonamides is 1. The van der Waals surface area contributed by atoms with Crippen molar-refractivity contribution in [2.24, 2.45) is 4.40 Å². The number of likely N-dealkylation sites (tertiary alicyclic amines) is 1. The van der Waals surface area contributed by atoms with Gasteiger partial charge >= 0.3 is 0 Å². The first-order valence-corrected chi connectivity index (χ1v) is 11.4. The number of fused-ring (bicyclic) bond motifs is 1. The molecule has 1 saturated heterocycles. The molecule has 1 amide bonds. The molecule has 0 spiro atoms. The number of amides is 1. The Kier molecular flexibility index (Phi) is 5.31. The van der Waals surface area contributed by atoms with Crippen molar-refractivity contribution in [3.8, 4) is 0 Å². The van der Waals surface area contributed by atoms with Gasteiger partial charge in [0.1, 0.15) is 10.9 Å². The molecule has 2 aliphatic rings. The molecule has 1 fully saturated rings. The van der Waals surface area contributed by atoms with Crippen molar-refractivity contribution in [2.75, 3.05) is 6.54 Å². The third-order valence-electron chi connectivity index (χ3n) is 5.23. The van der Waals surface area contributed by atoms with Crippen molar-refractivity contribution in [1.29, 1.82) is 0 Å². The summed E-state index contributed by atoms with van der Waals surface area (Å²) in [6.07, 6.45) is 1.39. The molecule has 6 nitrogen and oxygen atoms in total. The van der Waals surface area contributed by atoms with Gasteiger partial charge in [0.15, 0.2) is 5.84 Å². The lowest BCUT2D eigenvalue weighted by Gasteiger charge is -2.27. The van der Waals surface area contributed by atoms with Crippen LogP contribution in [0.2, 0.25) is 10.0 Å². The highest BCUT2D eigenvalue weighted by Gasteiger charge is 2.39. The monoisotopic (exact) mass is 451 g/mol. The summed E-state index contributed by atoms with van der Waals surface area (Å²) >= 11 is 12.2. The number of nitrogens with zero attached hydrogens (tertiary/aromatic N) is 2.